The Hall–Kier alpha value is -2.92. The lowest BCUT2D eigenvalue weighted by molar-refractivity contribution is -0.120. The lowest BCUT2D eigenvalue weighted by atomic mass is 10.0. The zero-order valence-corrected chi connectivity index (χ0v) is 14.9. The fraction of sp³-hybridized carbons (Fsp3) is 0.238. The molecule has 0 saturated carbocycles. The van der Waals surface area contributed by atoms with E-state index >= 15 is 0 Å². The molecule has 2 aromatic rings. The van der Waals surface area contributed by atoms with Gasteiger partial charge in [0, 0.05) is 13.0 Å². The number of rotatable bonds is 5. The number of fused-ring (bicyclic) bond motifs is 2. The maximum Gasteiger partial charge on any atom is 0.233 e. The van der Waals surface area contributed by atoms with Crippen LogP contribution in [0.4, 0.5) is 5.69 Å². The Balaban J connectivity index is 1.82. The third kappa shape index (κ3) is 4.18. The summed E-state index contributed by atoms with van der Waals surface area (Å²) >= 11 is 0. The molecule has 0 radical (unpaired) electrons. The molecule has 1 aliphatic rings. The molecule has 134 valence electrons. The fourth-order valence-corrected chi connectivity index (χ4v) is 3.04. The Labute approximate surface area is 153 Å². The molecule has 0 fully saturated rings. The summed E-state index contributed by atoms with van der Waals surface area (Å²) in [6.07, 6.45) is 4.39. The highest BCUT2D eigenvalue weighted by molar-refractivity contribution is 5.97. The molecule has 0 unspecified atom stereocenters. The molecule has 2 N–H and O–H groups in total. The van der Waals surface area contributed by atoms with Gasteiger partial charge < -0.3 is 15.5 Å². The lowest BCUT2D eigenvalue weighted by Crippen LogP contribution is -2.37. The van der Waals surface area contributed by atoms with Crippen LogP contribution in [0, 0.1) is 0 Å². The number of nitrogens with one attached hydrogen (secondary N) is 2. The van der Waals surface area contributed by atoms with E-state index in [1.54, 1.807) is 7.05 Å². The van der Waals surface area contributed by atoms with Crippen LogP contribution in [0.25, 0.3) is 12.2 Å². The van der Waals surface area contributed by atoms with Crippen molar-refractivity contribution >= 4 is 29.7 Å². The molecule has 0 aliphatic carbocycles. The van der Waals surface area contributed by atoms with E-state index in [0.29, 0.717) is 13.1 Å². The maximum atomic E-state index is 12.9. The van der Waals surface area contributed by atoms with Gasteiger partial charge in [-0.15, -0.1) is 0 Å². The summed E-state index contributed by atoms with van der Waals surface area (Å²) in [5.74, 6) is -0.117. The molecule has 5 nitrogen and oxygen atoms in total. The van der Waals surface area contributed by atoms with Crippen molar-refractivity contribution in [2.45, 2.75) is 13.0 Å². The highest BCUT2D eigenvalue weighted by Gasteiger charge is 2.20. The first-order valence-corrected chi connectivity index (χ1v) is 8.75. The molecular weight excluding hydrogens is 326 g/mol. The first kappa shape index (κ1) is 17.9. The summed E-state index contributed by atoms with van der Waals surface area (Å²) < 4.78 is 0. The quantitative estimate of drug-likeness (QED) is 0.872. The van der Waals surface area contributed by atoms with Crippen molar-refractivity contribution in [3.05, 3.63) is 65.2 Å². The van der Waals surface area contributed by atoms with Crippen molar-refractivity contribution in [3.8, 4) is 0 Å². The molecule has 1 heterocycles. The van der Waals surface area contributed by atoms with E-state index in [2.05, 4.69) is 22.8 Å². The summed E-state index contributed by atoms with van der Waals surface area (Å²) in [6.45, 7) is 1.09. The van der Waals surface area contributed by atoms with Crippen LogP contribution in [0.15, 0.2) is 48.5 Å². The van der Waals surface area contributed by atoms with E-state index in [1.807, 2.05) is 53.4 Å². The van der Waals surface area contributed by atoms with Crippen LogP contribution in [0.3, 0.4) is 0 Å². The maximum absolute atomic E-state index is 12.9. The third-order valence-electron chi connectivity index (χ3n) is 4.35. The number of nitrogens with zero attached hydrogens (tertiary/aromatic N) is 1. The molecule has 3 rings (SSSR count). The van der Waals surface area contributed by atoms with E-state index in [1.165, 1.54) is 0 Å². The van der Waals surface area contributed by atoms with Crippen LogP contribution >= 0.6 is 0 Å². The number of amides is 2. The number of hydrogen-bond acceptors (Lipinski definition) is 3. The SMILES string of the molecule is CNCC(=O)NCCC(=O)N1Cc2ccccc2/C=C\c2ccccc21. The largest absolute Gasteiger partial charge is 0.354 e. The summed E-state index contributed by atoms with van der Waals surface area (Å²) in [6, 6.07) is 16.0. The van der Waals surface area contributed by atoms with Crippen molar-refractivity contribution in [2.24, 2.45) is 0 Å². The van der Waals surface area contributed by atoms with Crippen molar-refractivity contribution in [2.75, 3.05) is 25.0 Å². The number of anilines is 1. The normalized spacial score (nSPS) is 13.8. The topological polar surface area (TPSA) is 61.4 Å². The predicted molar refractivity (Wildman–Crippen MR) is 105 cm³/mol. The number of hydrogen-bond donors (Lipinski definition) is 2. The highest BCUT2D eigenvalue weighted by atomic mass is 16.2. The number of para-hydroxylation sites is 1. The summed E-state index contributed by atoms with van der Waals surface area (Å²) in [7, 11) is 1.72. The molecule has 0 aromatic heterocycles. The Kier molecular flexibility index (Phi) is 5.81. The fourth-order valence-electron chi connectivity index (χ4n) is 3.04. The monoisotopic (exact) mass is 349 g/mol. The van der Waals surface area contributed by atoms with E-state index in [0.717, 1.165) is 22.4 Å². The number of benzene rings is 2. The van der Waals surface area contributed by atoms with Crippen LogP contribution in [-0.2, 0) is 16.1 Å². The minimum absolute atomic E-state index is 0.00712. The molecule has 0 atom stereocenters. The van der Waals surface area contributed by atoms with Crippen molar-refractivity contribution in [1.82, 2.24) is 10.6 Å². The van der Waals surface area contributed by atoms with Gasteiger partial charge in [-0.05, 0) is 29.8 Å². The van der Waals surface area contributed by atoms with Crippen LogP contribution in [0.2, 0.25) is 0 Å². The standard InChI is InChI=1S/C21H23N3O2/c1-22-14-20(25)23-13-12-21(26)24-15-18-8-3-2-6-16(18)10-11-17-7-4-5-9-19(17)24/h2-11,22H,12-15H2,1H3,(H,23,25)/b11-10-. The molecule has 5 heteroatoms. The molecule has 26 heavy (non-hydrogen) atoms. The van der Waals surface area contributed by atoms with E-state index in [4.69, 9.17) is 0 Å². The smallest absolute Gasteiger partial charge is 0.233 e. The second-order valence-electron chi connectivity index (χ2n) is 6.20. The van der Waals surface area contributed by atoms with Gasteiger partial charge in [0.05, 0.1) is 18.8 Å². The molecule has 2 aromatic carbocycles. The van der Waals surface area contributed by atoms with Gasteiger partial charge >= 0.3 is 0 Å². The zero-order chi connectivity index (χ0) is 18.4. The zero-order valence-electron chi connectivity index (χ0n) is 14.9. The van der Waals surface area contributed by atoms with E-state index < -0.39 is 0 Å². The molecule has 0 saturated heterocycles. The first-order valence-electron chi connectivity index (χ1n) is 8.75. The summed E-state index contributed by atoms with van der Waals surface area (Å²) in [4.78, 5) is 26.3. The molecule has 2 amide bonds. The van der Waals surface area contributed by atoms with Gasteiger partial charge in [-0.2, -0.15) is 0 Å². The first-order chi connectivity index (χ1) is 12.7. The minimum atomic E-state index is -0.110. The van der Waals surface area contributed by atoms with Crippen LogP contribution < -0.4 is 15.5 Å². The van der Waals surface area contributed by atoms with Crippen molar-refractivity contribution < 1.29 is 9.59 Å². The van der Waals surface area contributed by atoms with Crippen LogP contribution in [0.1, 0.15) is 23.1 Å². The number of likely N-dealkylation sites (N-methyl/N-ethyl adjacent to an activating group) is 1. The Morgan fingerprint density at radius 2 is 1.69 bits per heavy atom. The second-order valence-corrected chi connectivity index (χ2v) is 6.20. The van der Waals surface area contributed by atoms with E-state index in [-0.39, 0.29) is 24.8 Å². The predicted octanol–water partition coefficient (Wildman–Crippen LogP) is 2.43. The van der Waals surface area contributed by atoms with Gasteiger partial charge in [-0.25, -0.2) is 0 Å². The number of carbonyl (C=O) groups excluding carboxylic acids is 2. The van der Waals surface area contributed by atoms with Crippen molar-refractivity contribution in [3.63, 3.8) is 0 Å². The van der Waals surface area contributed by atoms with Gasteiger partial charge in [0.25, 0.3) is 0 Å². The summed E-state index contributed by atoms with van der Waals surface area (Å²) in [5.41, 5.74) is 4.12. The third-order valence-corrected chi connectivity index (χ3v) is 4.35. The molecule has 0 bridgehead atoms. The average molecular weight is 349 g/mol. The highest BCUT2D eigenvalue weighted by Crippen LogP contribution is 2.29. The Morgan fingerprint density at radius 3 is 2.50 bits per heavy atom. The minimum Gasteiger partial charge on any atom is -0.354 e. The Morgan fingerprint density at radius 1 is 1.00 bits per heavy atom. The van der Waals surface area contributed by atoms with Gasteiger partial charge in [0.2, 0.25) is 11.8 Å². The average Bonchev–Trinajstić information content (AvgIpc) is 2.64. The second kappa shape index (κ2) is 8.45. The van der Waals surface area contributed by atoms with Crippen LogP contribution in [-0.4, -0.2) is 32.0 Å². The Bertz CT molecular complexity index is 830. The molecule has 1 aliphatic heterocycles. The van der Waals surface area contributed by atoms with Crippen molar-refractivity contribution in [1.29, 1.82) is 0 Å². The summed E-state index contributed by atoms with van der Waals surface area (Å²) in [5, 5.41) is 5.55. The van der Waals surface area contributed by atoms with E-state index in [9.17, 15) is 9.59 Å². The van der Waals surface area contributed by atoms with Gasteiger partial charge in [-0.3, -0.25) is 9.59 Å². The molecule has 0 spiro atoms. The van der Waals surface area contributed by atoms with Gasteiger partial charge in [0.1, 0.15) is 0 Å². The lowest BCUT2D eigenvalue weighted by Gasteiger charge is -2.27. The number of carbonyl (C=O) groups is 2. The van der Waals surface area contributed by atoms with Crippen LogP contribution in [0.5, 0.6) is 0 Å². The van der Waals surface area contributed by atoms with Gasteiger partial charge in [0.15, 0.2) is 0 Å². The molecular formula is C21H23N3O2. The van der Waals surface area contributed by atoms with Gasteiger partial charge in [-0.1, -0.05) is 54.6 Å².